The van der Waals surface area contributed by atoms with Crippen molar-refractivity contribution in [2.24, 2.45) is 0 Å². The summed E-state index contributed by atoms with van der Waals surface area (Å²) < 4.78 is 48.7. The first-order chi connectivity index (χ1) is 16.8. The lowest BCUT2D eigenvalue weighted by Crippen LogP contribution is -2.06. The molecule has 0 aliphatic rings. The molecule has 3 rings (SSSR count). The quantitative estimate of drug-likeness (QED) is 0.187. The molecule has 0 amide bonds. The smallest absolute Gasteiger partial charge is 0.389 e. The van der Waals surface area contributed by atoms with Crippen molar-refractivity contribution in [2.45, 2.75) is 64.0 Å². The number of anilines is 2. The molecular formula is C28H33F3N2O2. The lowest BCUT2D eigenvalue weighted by molar-refractivity contribution is -0.135. The number of alkyl halides is 3. The number of unbranched alkanes of at least 4 members (excludes halogenated alkanes) is 6. The van der Waals surface area contributed by atoms with Gasteiger partial charge in [0.1, 0.15) is 23.0 Å². The van der Waals surface area contributed by atoms with Gasteiger partial charge in [0.05, 0.1) is 0 Å². The second kappa shape index (κ2) is 12.9. The predicted octanol–water partition coefficient (Wildman–Crippen LogP) is 8.66. The number of aryl methyl sites for hydroxylation is 1. The third-order valence-electron chi connectivity index (χ3n) is 5.62. The zero-order chi connectivity index (χ0) is 25.1. The van der Waals surface area contributed by atoms with Gasteiger partial charge in [0.15, 0.2) is 0 Å². The Kier molecular flexibility index (Phi) is 9.70. The van der Waals surface area contributed by atoms with Gasteiger partial charge in [0.25, 0.3) is 0 Å². The van der Waals surface area contributed by atoms with Gasteiger partial charge >= 0.3 is 6.18 Å². The Morgan fingerprint density at radius 2 is 1.14 bits per heavy atom. The molecule has 0 atom stereocenters. The molecule has 0 aliphatic heterocycles. The molecule has 7 heteroatoms. The van der Waals surface area contributed by atoms with Crippen molar-refractivity contribution in [2.75, 3.05) is 11.5 Å². The van der Waals surface area contributed by atoms with Gasteiger partial charge in [0.2, 0.25) is 0 Å². The predicted molar refractivity (Wildman–Crippen MR) is 135 cm³/mol. The minimum Gasteiger partial charge on any atom is -0.457 e. The van der Waals surface area contributed by atoms with Crippen molar-refractivity contribution >= 4 is 11.4 Å². The third kappa shape index (κ3) is 9.81. The van der Waals surface area contributed by atoms with Gasteiger partial charge in [-0.3, -0.25) is 0 Å². The number of benzene rings is 3. The molecule has 35 heavy (non-hydrogen) atoms. The molecule has 0 aliphatic carbocycles. The van der Waals surface area contributed by atoms with Crippen LogP contribution < -0.4 is 20.9 Å². The number of halogens is 3. The summed E-state index contributed by atoms with van der Waals surface area (Å²) in [5, 5.41) is 0. The van der Waals surface area contributed by atoms with E-state index in [9.17, 15) is 13.2 Å². The monoisotopic (exact) mass is 486 g/mol. The SMILES string of the molecule is Nc1cccc(Oc2ccc(CCCCCCCCCC(F)(F)F)c(Oc3cccc(N)c3)c2)c1. The van der Waals surface area contributed by atoms with Crippen LogP contribution >= 0.6 is 0 Å². The maximum absolute atomic E-state index is 12.2. The fourth-order valence-corrected chi connectivity index (χ4v) is 3.84. The largest absolute Gasteiger partial charge is 0.457 e. The summed E-state index contributed by atoms with van der Waals surface area (Å²) in [4.78, 5) is 0. The lowest BCUT2D eigenvalue weighted by atomic mass is 10.0. The molecule has 3 aromatic carbocycles. The summed E-state index contributed by atoms with van der Waals surface area (Å²) in [7, 11) is 0. The molecular weight excluding hydrogens is 453 g/mol. The number of ether oxygens (including phenoxy) is 2. The number of hydrogen-bond donors (Lipinski definition) is 2. The first kappa shape index (κ1) is 26.3. The molecule has 0 saturated heterocycles. The maximum Gasteiger partial charge on any atom is 0.389 e. The van der Waals surface area contributed by atoms with Crippen molar-refractivity contribution in [3.8, 4) is 23.0 Å². The van der Waals surface area contributed by atoms with E-state index in [1.807, 2.05) is 42.5 Å². The highest BCUT2D eigenvalue weighted by molar-refractivity contribution is 5.49. The fourth-order valence-electron chi connectivity index (χ4n) is 3.84. The highest BCUT2D eigenvalue weighted by atomic mass is 19.4. The molecule has 4 nitrogen and oxygen atoms in total. The van der Waals surface area contributed by atoms with Crippen LogP contribution in [-0.2, 0) is 6.42 Å². The van der Waals surface area contributed by atoms with Crippen LogP contribution in [-0.4, -0.2) is 6.18 Å². The standard InChI is InChI=1S/C28H33F3N2O2/c29-28(30,31)17-7-5-3-1-2-4-6-10-21-15-16-26(34-24-13-8-11-22(32)18-24)20-27(21)35-25-14-9-12-23(33)19-25/h8-9,11-16,18-20H,1-7,10,17,32-33H2. The van der Waals surface area contributed by atoms with Gasteiger partial charge in [-0.1, -0.05) is 50.3 Å². The van der Waals surface area contributed by atoms with Crippen LogP contribution in [0.25, 0.3) is 0 Å². The van der Waals surface area contributed by atoms with Crippen molar-refractivity contribution < 1.29 is 22.6 Å². The van der Waals surface area contributed by atoms with E-state index in [0.29, 0.717) is 40.8 Å². The average molecular weight is 487 g/mol. The Balaban J connectivity index is 1.56. The van der Waals surface area contributed by atoms with Gasteiger partial charge in [-0.15, -0.1) is 0 Å². The first-order valence-electron chi connectivity index (χ1n) is 12.0. The fraction of sp³-hybridized carbons (Fsp3) is 0.357. The summed E-state index contributed by atoms with van der Waals surface area (Å²) >= 11 is 0. The average Bonchev–Trinajstić information content (AvgIpc) is 2.78. The molecule has 0 aromatic heterocycles. The van der Waals surface area contributed by atoms with E-state index in [1.54, 1.807) is 24.3 Å². The summed E-state index contributed by atoms with van der Waals surface area (Å²) in [6.45, 7) is 0. The van der Waals surface area contributed by atoms with E-state index in [4.69, 9.17) is 20.9 Å². The Morgan fingerprint density at radius 1 is 0.600 bits per heavy atom. The zero-order valence-electron chi connectivity index (χ0n) is 19.8. The lowest BCUT2D eigenvalue weighted by Gasteiger charge is -2.14. The van der Waals surface area contributed by atoms with Crippen molar-refractivity contribution in [1.29, 1.82) is 0 Å². The first-order valence-corrected chi connectivity index (χ1v) is 12.0. The van der Waals surface area contributed by atoms with Gasteiger partial charge in [-0.2, -0.15) is 13.2 Å². The number of nitrogen functional groups attached to an aromatic ring is 2. The van der Waals surface area contributed by atoms with Crippen LogP contribution in [0.4, 0.5) is 24.5 Å². The minimum atomic E-state index is -4.04. The normalized spacial score (nSPS) is 11.4. The molecule has 0 unspecified atom stereocenters. The van der Waals surface area contributed by atoms with Crippen LogP contribution in [0.2, 0.25) is 0 Å². The van der Waals surface area contributed by atoms with Crippen LogP contribution in [0.1, 0.15) is 56.9 Å². The molecule has 0 saturated carbocycles. The summed E-state index contributed by atoms with van der Waals surface area (Å²) in [5.74, 6) is 2.62. The van der Waals surface area contributed by atoms with Crippen LogP contribution in [0.5, 0.6) is 23.0 Å². The summed E-state index contributed by atoms with van der Waals surface area (Å²) in [5.41, 5.74) is 14.0. The highest BCUT2D eigenvalue weighted by Crippen LogP contribution is 2.34. The Bertz CT molecular complexity index is 1070. The van der Waals surface area contributed by atoms with Crippen molar-refractivity contribution in [3.63, 3.8) is 0 Å². The maximum atomic E-state index is 12.2. The Hall–Kier alpha value is -3.35. The topological polar surface area (TPSA) is 70.5 Å². The molecule has 0 heterocycles. The Morgan fingerprint density at radius 3 is 1.74 bits per heavy atom. The van der Waals surface area contributed by atoms with Crippen molar-refractivity contribution in [3.05, 3.63) is 72.3 Å². The van der Waals surface area contributed by atoms with Gasteiger partial charge < -0.3 is 20.9 Å². The van der Waals surface area contributed by atoms with Crippen LogP contribution in [0, 0.1) is 0 Å². The van der Waals surface area contributed by atoms with E-state index >= 15 is 0 Å². The van der Waals surface area contributed by atoms with Gasteiger partial charge in [-0.25, -0.2) is 0 Å². The molecule has 4 N–H and O–H groups in total. The van der Waals surface area contributed by atoms with E-state index in [2.05, 4.69) is 0 Å². The Labute approximate surface area is 205 Å². The molecule has 0 spiro atoms. The second-order valence-corrected chi connectivity index (χ2v) is 8.71. The molecule has 3 aromatic rings. The summed E-state index contributed by atoms with van der Waals surface area (Å²) in [6.07, 6.45) is 1.74. The van der Waals surface area contributed by atoms with Crippen LogP contribution in [0.3, 0.4) is 0 Å². The van der Waals surface area contributed by atoms with E-state index < -0.39 is 12.6 Å². The molecule has 188 valence electrons. The second-order valence-electron chi connectivity index (χ2n) is 8.71. The van der Waals surface area contributed by atoms with E-state index in [1.165, 1.54) is 0 Å². The third-order valence-corrected chi connectivity index (χ3v) is 5.62. The zero-order valence-corrected chi connectivity index (χ0v) is 19.8. The molecule has 0 radical (unpaired) electrons. The summed E-state index contributed by atoms with van der Waals surface area (Å²) in [6, 6.07) is 20.3. The minimum absolute atomic E-state index is 0.220. The number of hydrogen-bond acceptors (Lipinski definition) is 4. The highest BCUT2D eigenvalue weighted by Gasteiger charge is 2.25. The van der Waals surface area contributed by atoms with E-state index in [-0.39, 0.29) is 6.42 Å². The van der Waals surface area contributed by atoms with Gasteiger partial charge in [-0.05, 0) is 55.2 Å². The number of rotatable bonds is 13. The van der Waals surface area contributed by atoms with Gasteiger partial charge in [0, 0.05) is 36.0 Å². The van der Waals surface area contributed by atoms with E-state index in [0.717, 1.165) is 44.1 Å². The van der Waals surface area contributed by atoms with Crippen LogP contribution in [0.15, 0.2) is 66.7 Å². The number of nitrogens with two attached hydrogens (primary N) is 2. The molecule has 0 bridgehead atoms. The van der Waals surface area contributed by atoms with Crippen molar-refractivity contribution in [1.82, 2.24) is 0 Å². The molecule has 0 fully saturated rings.